The van der Waals surface area contributed by atoms with E-state index in [-0.39, 0.29) is 16.2 Å². The van der Waals surface area contributed by atoms with Crippen LogP contribution in [0.1, 0.15) is 22.7 Å². The highest BCUT2D eigenvalue weighted by Crippen LogP contribution is 2.33. The molecule has 0 saturated heterocycles. The minimum Gasteiger partial charge on any atom is -0.494 e. The Hall–Kier alpha value is -2.41. The van der Waals surface area contributed by atoms with E-state index >= 15 is 0 Å². The van der Waals surface area contributed by atoms with Crippen LogP contribution in [0.2, 0.25) is 5.02 Å². The van der Waals surface area contributed by atoms with Crippen molar-refractivity contribution in [1.82, 2.24) is 14.9 Å². The molecule has 1 atom stereocenters. The van der Waals surface area contributed by atoms with Crippen molar-refractivity contribution in [1.29, 1.82) is 0 Å². The fraction of sp³-hybridized carbons (Fsp3) is 0.158. The van der Waals surface area contributed by atoms with Crippen molar-refractivity contribution < 1.29 is 5.11 Å². The molecule has 2 heterocycles. The Morgan fingerprint density at radius 2 is 1.88 bits per heavy atom. The number of rotatable bonds is 2. The number of aromatic amines is 1. The van der Waals surface area contributed by atoms with E-state index in [4.69, 9.17) is 23.8 Å². The summed E-state index contributed by atoms with van der Waals surface area (Å²) in [6.45, 7) is 0.711. The second kappa shape index (κ2) is 6.72. The number of halogens is 1. The number of aromatic hydroxyl groups is 1. The maximum absolute atomic E-state index is 12.7. The molecule has 1 aliphatic heterocycles. The molecule has 0 saturated carbocycles. The van der Waals surface area contributed by atoms with E-state index in [1.165, 1.54) is 4.57 Å². The predicted molar refractivity (Wildman–Crippen MR) is 104 cm³/mol. The third-order valence-corrected chi connectivity index (χ3v) is 5.22. The van der Waals surface area contributed by atoms with Gasteiger partial charge in [0.05, 0.1) is 22.3 Å². The molecule has 1 aromatic heterocycles. The van der Waals surface area contributed by atoms with Crippen LogP contribution in [-0.2, 0) is 6.42 Å². The number of benzene rings is 2. The molecule has 0 bridgehead atoms. The van der Waals surface area contributed by atoms with Crippen LogP contribution >= 0.6 is 23.8 Å². The van der Waals surface area contributed by atoms with Gasteiger partial charge >= 0.3 is 0 Å². The lowest BCUT2D eigenvalue weighted by molar-refractivity contribution is 0.413. The van der Waals surface area contributed by atoms with Crippen LogP contribution in [0.25, 0.3) is 5.69 Å². The number of hydrogen-bond acceptors (Lipinski definition) is 4. The quantitative estimate of drug-likeness (QED) is 0.590. The molecular formula is C19H16ClN3O2S. The molecule has 5 nitrogen and oxygen atoms in total. The maximum Gasteiger partial charge on any atom is 0.260 e. The topological polar surface area (TPSA) is 70.0 Å². The summed E-state index contributed by atoms with van der Waals surface area (Å²) in [7, 11) is 0. The van der Waals surface area contributed by atoms with E-state index in [0.717, 1.165) is 17.5 Å². The zero-order valence-electron chi connectivity index (χ0n) is 13.7. The lowest BCUT2D eigenvalue weighted by Gasteiger charge is -2.27. The van der Waals surface area contributed by atoms with Crippen molar-refractivity contribution in [3.63, 3.8) is 0 Å². The summed E-state index contributed by atoms with van der Waals surface area (Å²) in [5.74, 6) is -0.207. The van der Waals surface area contributed by atoms with Crippen LogP contribution in [0.3, 0.4) is 0 Å². The number of fused-ring (bicyclic) bond motifs is 1. The highest BCUT2D eigenvalue weighted by Gasteiger charge is 2.28. The first-order chi connectivity index (χ1) is 12.6. The highest BCUT2D eigenvalue weighted by atomic mass is 35.5. The molecule has 3 N–H and O–H groups in total. The Kier molecular flexibility index (Phi) is 4.40. The minimum absolute atomic E-state index is 0.0912. The summed E-state index contributed by atoms with van der Waals surface area (Å²) in [5.41, 5.74) is 2.46. The largest absolute Gasteiger partial charge is 0.494 e. The minimum atomic E-state index is -0.423. The molecule has 0 radical (unpaired) electrons. The summed E-state index contributed by atoms with van der Waals surface area (Å²) in [5, 5.41) is 14.7. The van der Waals surface area contributed by atoms with E-state index in [9.17, 15) is 9.90 Å². The monoisotopic (exact) mass is 385 g/mol. The van der Waals surface area contributed by atoms with Crippen molar-refractivity contribution in [3.05, 3.63) is 85.4 Å². The van der Waals surface area contributed by atoms with Crippen molar-refractivity contribution in [2.45, 2.75) is 12.5 Å². The SMILES string of the molecule is O=c1[nH]c(=S)n(-c2ccccc2Cl)c(O)c1[C@@H]1NCCc2ccccc21. The predicted octanol–water partition coefficient (Wildman–Crippen LogP) is 3.49. The van der Waals surface area contributed by atoms with Crippen molar-refractivity contribution in [3.8, 4) is 11.6 Å². The first kappa shape index (κ1) is 17.0. The van der Waals surface area contributed by atoms with Crippen LogP contribution in [0, 0.1) is 4.77 Å². The number of nitrogens with one attached hydrogen (secondary N) is 2. The molecule has 1 aliphatic rings. The van der Waals surface area contributed by atoms with E-state index < -0.39 is 11.6 Å². The Bertz CT molecular complexity index is 1110. The van der Waals surface area contributed by atoms with Gasteiger partial charge in [-0.2, -0.15) is 0 Å². The summed E-state index contributed by atoms with van der Waals surface area (Å²) in [6.07, 6.45) is 0.870. The molecule has 2 aromatic carbocycles. The zero-order valence-corrected chi connectivity index (χ0v) is 15.3. The Morgan fingerprint density at radius 1 is 1.15 bits per heavy atom. The van der Waals surface area contributed by atoms with Gasteiger partial charge in [-0.15, -0.1) is 0 Å². The molecule has 4 rings (SSSR count). The standard InChI is InChI=1S/C19H16ClN3O2S/c20-13-7-3-4-8-14(13)23-18(25)15(17(24)22-19(23)26)16-12-6-2-1-5-11(12)9-10-21-16/h1-8,16,21,25H,9-10H2,(H,22,24,26)/t16-/m1/s1. The Morgan fingerprint density at radius 3 is 2.69 bits per heavy atom. The zero-order chi connectivity index (χ0) is 18.3. The molecule has 7 heteroatoms. The number of H-pyrrole nitrogens is 1. The van der Waals surface area contributed by atoms with E-state index in [2.05, 4.69) is 10.3 Å². The van der Waals surface area contributed by atoms with Crippen LogP contribution in [-0.4, -0.2) is 21.2 Å². The first-order valence-corrected chi connectivity index (χ1v) is 9.01. The van der Waals surface area contributed by atoms with Crippen LogP contribution in [0.4, 0.5) is 0 Å². The summed E-state index contributed by atoms with van der Waals surface area (Å²) in [6, 6.07) is 14.5. The van der Waals surface area contributed by atoms with Crippen molar-refractivity contribution in [2.24, 2.45) is 0 Å². The van der Waals surface area contributed by atoms with Gasteiger partial charge in [0.25, 0.3) is 5.56 Å². The number of para-hydroxylation sites is 1. The second-order valence-corrected chi connectivity index (χ2v) is 6.91. The highest BCUT2D eigenvalue weighted by molar-refractivity contribution is 7.71. The number of hydrogen-bond donors (Lipinski definition) is 3. The van der Waals surface area contributed by atoms with Gasteiger partial charge in [-0.05, 0) is 41.9 Å². The average molecular weight is 386 g/mol. The van der Waals surface area contributed by atoms with Crippen LogP contribution in [0.5, 0.6) is 5.88 Å². The molecule has 3 aromatic rings. The van der Waals surface area contributed by atoms with E-state index in [1.54, 1.807) is 24.3 Å². The average Bonchev–Trinajstić information content (AvgIpc) is 2.63. The molecule has 0 spiro atoms. The Balaban J connectivity index is 1.98. The van der Waals surface area contributed by atoms with E-state index in [1.807, 2.05) is 24.3 Å². The molecule has 0 unspecified atom stereocenters. The van der Waals surface area contributed by atoms with Gasteiger partial charge in [-0.3, -0.25) is 14.3 Å². The molecular weight excluding hydrogens is 370 g/mol. The van der Waals surface area contributed by atoms with Crippen molar-refractivity contribution >= 4 is 23.8 Å². The van der Waals surface area contributed by atoms with Gasteiger partial charge in [0.2, 0.25) is 5.88 Å². The van der Waals surface area contributed by atoms with Crippen LogP contribution in [0.15, 0.2) is 53.3 Å². The Labute approximate surface area is 159 Å². The van der Waals surface area contributed by atoms with Gasteiger partial charge in [0.1, 0.15) is 0 Å². The van der Waals surface area contributed by atoms with Gasteiger partial charge in [0, 0.05) is 6.54 Å². The van der Waals surface area contributed by atoms with Gasteiger partial charge < -0.3 is 10.4 Å². The summed E-state index contributed by atoms with van der Waals surface area (Å²) in [4.78, 5) is 15.3. The molecule has 132 valence electrons. The lowest BCUT2D eigenvalue weighted by atomic mass is 9.90. The van der Waals surface area contributed by atoms with Gasteiger partial charge in [-0.25, -0.2) is 0 Å². The molecule has 26 heavy (non-hydrogen) atoms. The fourth-order valence-electron chi connectivity index (χ4n) is 3.42. The third kappa shape index (κ3) is 2.76. The molecule has 0 amide bonds. The van der Waals surface area contributed by atoms with Crippen molar-refractivity contribution in [2.75, 3.05) is 6.54 Å². The van der Waals surface area contributed by atoms with E-state index in [0.29, 0.717) is 17.3 Å². The molecule has 0 aliphatic carbocycles. The van der Waals surface area contributed by atoms with Crippen LogP contribution < -0.4 is 10.9 Å². The second-order valence-electron chi connectivity index (χ2n) is 6.12. The number of aromatic nitrogens is 2. The smallest absolute Gasteiger partial charge is 0.260 e. The number of nitrogens with zero attached hydrogens (tertiary/aromatic N) is 1. The molecule has 0 fully saturated rings. The fourth-order valence-corrected chi connectivity index (χ4v) is 3.92. The third-order valence-electron chi connectivity index (χ3n) is 4.61. The van der Waals surface area contributed by atoms with Gasteiger partial charge in [0.15, 0.2) is 4.77 Å². The van der Waals surface area contributed by atoms with Gasteiger partial charge in [-0.1, -0.05) is 48.0 Å². The summed E-state index contributed by atoms with van der Waals surface area (Å²) >= 11 is 11.6. The first-order valence-electron chi connectivity index (χ1n) is 8.22. The normalized spacial score (nSPS) is 16.3. The summed E-state index contributed by atoms with van der Waals surface area (Å²) < 4.78 is 1.49. The maximum atomic E-state index is 12.7. The lowest BCUT2D eigenvalue weighted by Crippen LogP contribution is -2.35.